The third kappa shape index (κ3) is 1.92. The summed E-state index contributed by atoms with van der Waals surface area (Å²) < 4.78 is 1.77. The molecule has 2 aromatic rings. The molecule has 2 N–H and O–H groups in total. The fraction of sp³-hybridized carbons (Fsp3) is 0.250. The third-order valence-corrected chi connectivity index (χ3v) is 2.61. The molecule has 78 valence electrons. The van der Waals surface area contributed by atoms with Crippen LogP contribution >= 0.6 is 0 Å². The van der Waals surface area contributed by atoms with Crippen molar-refractivity contribution in [3.8, 4) is 0 Å². The highest BCUT2D eigenvalue weighted by Gasteiger charge is 2.11. The van der Waals surface area contributed by atoms with Gasteiger partial charge >= 0.3 is 0 Å². The topological polar surface area (TPSA) is 43.8 Å². The molecule has 0 spiro atoms. The molecule has 0 radical (unpaired) electrons. The summed E-state index contributed by atoms with van der Waals surface area (Å²) in [6.07, 6.45) is 3.77. The normalized spacial score (nSPS) is 12.7. The van der Waals surface area contributed by atoms with Gasteiger partial charge in [-0.3, -0.25) is 4.68 Å². The number of hydrogen-bond acceptors (Lipinski definition) is 2. The Morgan fingerprint density at radius 3 is 2.67 bits per heavy atom. The molecule has 1 unspecified atom stereocenters. The standard InChI is InChI=1S/C12H15N3/c1-9-5-3-4-6-11(9)12(13)10-7-14-15(2)8-10/h3-8,12H,13H2,1-2H3. The number of aromatic nitrogens is 2. The number of benzene rings is 1. The van der Waals surface area contributed by atoms with Crippen molar-refractivity contribution in [2.45, 2.75) is 13.0 Å². The molecule has 3 nitrogen and oxygen atoms in total. The molecule has 1 heterocycles. The average molecular weight is 201 g/mol. The predicted octanol–water partition coefficient (Wildman–Crippen LogP) is 1.78. The summed E-state index contributed by atoms with van der Waals surface area (Å²) in [7, 11) is 1.90. The molecule has 0 saturated carbocycles. The first-order valence-corrected chi connectivity index (χ1v) is 4.98. The minimum Gasteiger partial charge on any atom is -0.320 e. The van der Waals surface area contributed by atoms with E-state index in [1.54, 1.807) is 4.68 Å². The van der Waals surface area contributed by atoms with E-state index in [4.69, 9.17) is 5.73 Å². The maximum Gasteiger partial charge on any atom is 0.0585 e. The molecule has 1 atom stereocenters. The van der Waals surface area contributed by atoms with Crippen LogP contribution < -0.4 is 5.73 Å². The molecule has 1 aromatic heterocycles. The Balaban J connectivity index is 2.36. The van der Waals surface area contributed by atoms with Crippen LogP contribution in [0.3, 0.4) is 0 Å². The minimum absolute atomic E-state index is 0.0834. The van der Waals surface area contributed by atoms with Crippen molar-refractivity contribution in [1.82, 2.24) is 9.78 Å². The van der Waals surface area contributed by atoms with Crippen LogP contribution in [0.4, 0.5) is 0 Å². The van der Waals surface area contributed by atoms with E-state index in [-0.39, 0.29) is 6.04 Å². The van der Waals surface area contributed by atoms with Crippen LogP contribution in [0.2, 0.25) is 0 Å². The lowest BCUT2D eigenvalue weighted by Crippen LogP contribution is -2.12. The van der Waals surface area contributed by atoms with Gasteiger partial charge in [0.05, 0.1) is 12.2 Å². The fourth-order valence-electron chi connectivity index (χ4n) is 1.72. The Labute approximate surface area is 89.5 Å². The van der Waals surface area contributed by atoms with Crippen molar-refractivity contribution in [1.29, 1.82) is 0 Å². The lowest BCUT2D eigenvalue weighted by Gasteiger charge is -2.12. The van der Waals surface area contributed by atoms with Gasteiger partial charge in [-0.1, -0.05) is 24.3 Å². The fourth-order valence-corrected chi connectivity index (χ4v) is 1.72. The maximum atomic E-state index is 6.18. The Hall–Kier alpha value is -1.61. The molecule has 0 aliphatic rings. The molecule has 0 aliphatic carbocycles. The molecular weight excluding hydrogens is 186 g/mol. The van der Waals surface area contributed by atoms with Crippen molar-refractivity contribution in [2.24, 2.45) is 12.8 Å². The van der Waals surface area contributed by atoms with Gasteiger partial charge < -0.3 is 5.73 Å². The number of aryl methyl sites for hydroxylation is 2. The zero-order valence-electron chi connectivity index (χ0n) is 9.01. The molecule has 3 heteroatoms. The van der Waals surface area contributed by atoms with Gasteiger partial charge in [0.1, 0.15) is 0 Å². The number of hydrogen-bond donors (Lipinski definition) is 1. The van der Waals surface area contributed by atoms with Crippen molar-refractivity contribution >= 4 is 0 Å². The second-order valence-corrected chi connectivity index (χ2v) is 3.78. The van der Waals surface area contributed by atoms with Gasteiger partial charge in [-0.05, 0) is 18.1 Å². The van der Waals surface area contributed by atoms with E-state index in [0.29, 0.717) is 0 Å². The Kier molecular flexibility index (Phi) is 2.56. The number of nitrogens with two attached hydrogens (primary N) is 1. The van der Waals surface area contributed by atoms with E-state index in [1.807, 2.05) is 31.6 Å². The largest absolute Gasteiger partial charge is 0.320 e. The first-order chi connectivity index (χ1) is 7.18. The maximum absolute atomic E-state index is 6.18. The minimum atomic E-state index is -0.0834. The molecule has 0 aliphatic heterocycles. The second-order valence-electron chi connectivity index (χ2n) is 3.78. The van der Waals surface area contributed by atoms with Gasteiger partial charge in [-0.25, -0.2) is 0 Å². The van der Waals surface area contributed by atoms with E-state index >= 15 is 0 Å². The smallest absolute Gasteiger partial charge is 0.0585 e. The van der Waals surface area contributed by atoms with Gasteiger partial charge in [0.15, 0.2) is 0 Å². The zero-order valence-corrected chi connectivity index (χ0v) is 9.01. The van der Waals surface area contributed by atoms with Gasteiger partial charge in [0.25, 0.3) is 0 Å². The number of rotatable bonds is 2. The quantitative estimate of drug-likeness (QED) is 0.804. The van der Waals surface area contributed by atoms with Crippen molar-refractivity contribution in [3.63, 3.8) is 0 Å². The van der Waals surface area contributed by atoms with Gasteiger partial charge in [-0.2, -0.15) is 5.10 Å². The third-order valence-electron chi connectivity index (χ3n) is 2.61. The SMILES string of the molecule is Cc1ccccc1C(N)c1cnn(C)c1. The Morgan fingerprint density at radius 2 is 2.07 bits per heavy atom. The summed E-state index contributed by atoms with van der Waals surface area (Å²) in [5.41, 5.74) is 9.60. The van der Waals surface area contributed by atoms with Crippen LogP contribution in [0.25, 0.3) is 0 Å². The van der Waals surface area contributed by atoms with E-state index in [2.05, 4.69) is 24.2 Å². The first-order valence-electron chi connectivity index (χ1n) is 4.98. The van der Waals surface area contributed by atoms with Crippen LogP contribution in [-0.2, 0) is 7.05 Å². The molecule has 15 heavy (non-hydrogen) atoms. The molecular formula is C12H15N3. The van der Waals surface area contributed by atoms with E-state index in [0.717, 1.165) is 11.1 Å². The molecule has 0 fully saturated rings. The summed E-state index contributed by atoms with van der Waals surface area (Å²) in [5, 5.41) is 4.13. The van der Waals surface area contributed by atoms with Crippen molar-refractivity contribution in [2.75, 3.05) is 0 Å². The summed E-state index contributed by atoms with van der Waals surface area (Å²) in [5.74, 6) is 0. The molecule has 1 aromatic carbocycles. The molecule has 0 amide bonds. The van der Waals surface area contributed by atoms with Crippen LogP contribution in [0.5, 0.6) is 0 Å². The highest BCUT2D eigenvalue weighted by atomic mass is 15.2. The lowest BCUT2D eigenvalue weighted by molar-refractivity contribution is 0.765. The van der Waals surface area contributed by atoms with Crippen LogP contribution in [0, 0.1) is 6.92 Å². The van der Waals surface area contributed by atoms with Gasteiger partial charge in [-0.15, -0.1) is 0 Å². The first kappa shape index (κ1) is 9.93. The van der Waals surface area contributed by atoms with Crippen molar-refractivity contribution < 1.29 is 0 Å². The number of nitrogens with zero attached hydrogens (tertiary/aromatic N) is 2. The monoisotopic (exact) mass is 201 g/mol. The van der Waals surface area contributed by atoms with Gasteiger partial charge in [0, 0.05) is 18.8 Å². The highest BCUT2D eigenvalue weighted by molar-refractivity contribution is 5.34. The Morgan fingerprint density at radius 1 is 1.33 bits per heavy atom. The summed E-state index contributed by atoms with van der Waals surface area (Å²) >= 11 is 0. The van der Waals surface area contributed by atoms with Crippen LogP contribution in [-0.4, -0.2) is 9.78 Å². The summed E-state index contributed by atoms with van der Waals surface area (Å²) in [6.45, 7) is 2.07. The van der Waals surface area contributed by atoms with Crippen LogP contribution in [0.1, 0.15) is 22.7 Å². The van der Waals surface area contributed by atoms with E-state index in [1.165, 1.54) is 5.56 Å². The predicted molar refractivity (Wildman–Crippen MR) is 60.4 cm³/mol. The molecule has 0 saturated heterocycles. The van der Waals surface area contributed by atoms with Crippen LogP contribution in [0.15, 0.2) is 36.7 Å². The van der Waals surface area contributed by atoms with E-state index < -0.39 is 0 Å². The summed E-state index contributed by atoms with van der Waals surface area (Å²) in [6, 6.07) is 8.09. The van der Waals surface area contributed by atoms with Gasteiger partial charge in [0.2, 0.25) is 0 Å². The van der Waals surface area contributed by atoms with Crippen molar-refractivity contribution in [3.05, 3.63) is 53.3 Å². The molecule has 0 bridgehead atoms. The molecule has 2 rings (SSSR count). The average Bonchev–Trinajstić information content (AvgIpc) is 2.65. The second kappa shape index (κ2) is 3.87. The Bertz CT molecular complexity index is 459. The summed E-state index contributed by atoms with van der Waals surface area (Å²) in [4.78, 5) is 0. The zero-order chi connectivity index (χ0) is 10.8. The lowest BCUT2D eigenvalue weighted by atomic mass is 9.98. The van der Waals surface area contributed by atoms with E-state index in [9.17, 15) is 0 Å². The highest BCUT2D eigenvalue weighted by Crippen LogP contribution is 2.21.